The second-order valence-corrected chi connectivity index (χ2v) is 6.88. The van der Waals surface area contributed by atoms with Crippen LogP contribution in [-0.4, -0.2) is 26.1 Å². The summed E-state index contributed by atoms with van der Waals surface area (Å²) in [7, 11) is -3.93. The summed E-state index contributed by atoms with van der Waals surface area (Å²) in [6.45, 7) is 0.453. The Labute approximate surface area is 124 Å². The monoisotopic (exact) mass is 313 g/mol. The van der Waals surface area contributed by atoms with Gasteiger partial charge in [0.05, 0.1) is 11.5 Å². The van der Waals surface area contributed by atoms with Crippen LogP contribution in [0.4, 0.5) is 0 Å². The molecule has 1 aromatic rings. The summed E-state index contributed by atoms with van der Waals surface area (Å²) in [6, 6.07) is 3.65. The van der Waals surface area contributed by atoms with Crippen molar-refractivity contribution in [3.05, 3.63) is 23.8 Å². The average Bonchev–Trinajstić information content (AvgIpc) is 2.45. The summed E-state index contributed by atoms with van der Waals surface area (Å²) < 4.78 is 28.1. The second-order valence-electron chi connectivity index (χ2n) is 5.32. The average molecular weight is 313 g/mol. The normalized spacial score (nSPS) is 16.6. The standard InChI is InChI=1S/C14H19NO5S/c15-21(18,19)11-6-7-13(12(8-11)14(16)17)20-9-10-4-2-1-3-5-10/h6-8,10H,1-5,9H2,(H,16,17)(H2,15,18,19). The van der Waals surface area contributed by atoms with Gasteiger partial charge in [-0.1, -0.05) is 19.3 Å². The Bertz CT molecular complexity index is 620. The van der Waals surface area contributed by atoms with E-state index in [1.54, 1.807) is 0 Å². The molecule has 7 heteroatoms. The fourth-order valence-electron chi connectivity index (χ4n) is 2.54. The van der Waals surface area contributed by atoms with Gasteiger partial charge < -0.3 is 9.84 Å². The smallest absolute Gasteiger partial charge is 0.339 e. The number of hydrogen-bond acceptors (Lipinski definition) is 4. The van der Waals surface area contributed by atoms with Crippen molar-refractivity contribution in [2.75, 3.05) is 6.61 Å². The molecule has 1 aliphatic rings. The van der Waals surface area contributed by atoms with Crippen LogP contribution in [0.15, 0.2) is 23.1 Å². The van der Waals surface area contributed by atoms with Gasteiger partial charge in [0, 0.05) is 0 Å². The number of aromatic carboxylic acids is 1. The van der Waals surface area contributed by atoms with E-state index >= 15 is 0 Å². The lowest BCUT2D eigenvalue weighted by molar-refractivity contribution is 0.0690. The van der Waals surface area contributed by atoms with E-state index in [-0.39, 0.29) is 16.2 Å². The molecule has 1 saturated carbocycles. The molecule has 21 heavy (non-hydrogen) atoms. The van der Waals surface area contributed by atoms with Gasteiger partial charge in [0.2, 0.25) is 10.0 Å². The lowest BCUT2D eigenvalue weighted by atomic mass is 9.90. The van der Waals surface area contributed by atoms with Crippen molar-refractivity contribution in [3.63, 3.8) is 0 Å². The highest BCUT2D eigenvalue weighted by molar-refractivity contribution is 7.89. The first-order valence-corrected chi connectivity index (χ1v) is 8.45. The van der Waals surface area contributed by atoms with Crippen molar-refractivity contribution in [3.8, 4) is 5.75 Å². The lowest BCUT2D eigenvalue weighted by Gasteiger charge is -2.22. The maximum atomic E-state index is 11.3. The molecule has 0 amide bonds. The van der Waals surface area contributed by atoms with Crippen molar-refractivity contribution in [1.82, 2.24) is 0 Å². The van der Waals surface area contributed by atoms with Crippen LogP contribution in [0.3, 0.4) is 0 Å². The van der Waals surface area contributed by atoms with Crippen LogP contribution < -0.4 is 9.88 Å². The zero-order valence-electron chi connectivity index (χ0n) is 11.6. The predicted molar refractivity (Wildman–Crippen MR) is 76.8 cm³/mol. The van der Waals surface area contributed by atoms with E-state index < -0.39 is 16.0 Å². The molecule has 0 aliphatic heterocycles. The minimum absolute atomic E-state index is 0.181. The Kier molecular flexibility index (Phi) is 4.84. The Hall–Kier alpha value is -1.60. The fraction of sp³-hybridized carbons (Fsp3) is 0.500. The molecule has 0 saturated heterocycles. The molecule has 0 unspecified atom stereocenters. The van der Waals surface area contributed by atoms with Gasteiger partial charge in [-0.25, -0.2) is 18.4 Å². The summed E-state index contributed by atoms with van der Waals surface area (Å²) in [4.78, 5) is 11.0. The van der Waals surface area contributed by atoms with Crippen LogP contribution in [0.5, 0.6) is 5.75 Å². The van der Waals surface area contributed by atoms with Crippen molar-refractivity contribution in [2.24, 2.45) is 11.1 Å². The topological polar surface area (TPSA) is 107 Å². The van der Waals surface area contributed by atoms with Gasteiger partial charge in [-0.05, 0) is 37.0 Å². The van der Waals surface area contributed by atoms with Crippen molar-refractivity contribution < 1.29 is 23.1 Å². The highest BCUT2D eigenvalue weighted by atomic mass is 32.2. The van der Waals surface area contributed by atoms with E-state index in [1.165, 1.54) is 31.4 Å². The third-order valence-corrected chi connectivity index (χ3v) is 4.62. The molecule has 0 bridgehead atoms. The van der Waals surface area contributed by atoms with Crippen molar-refractivity contribution in [2.45, 2.75) is 37.0 Å². The van der Waals surface area contributed by atoms with Crippen LogP contribution in [0.25, 0.3) is 0 Å². The van der Waals surface area contributed by atoms with Gasteiger partial charge in [0.1, 0.15) is 11.3 Å². The van der Waals surface area contributed by atoms with Crippen LogP contribution >= 0.6 is 0 Å². The number of hydrogen-bond donors (Lipinski definition) is 2. The Morgan fingerprint density at radius 1 is 1.29 bits per heavy atom. The molecule has 2 rings (SSSR count). The molecule has 0 heterocycles. The third kappa shape index (κ3) is 4.18. The van der Waals surface area contributed by atoms with Crippen LogP contribution in [0, 0.1) is 5.92 Å². The first kappa shape index (κ1) is 15.8. The minimum Gasteiger partial charge on any atom is -0.492 e. The number of carboxylic acid groups (broad SMARTS) is 1. The third-order valence-electron chi connectivity index (χ3n) is 3.71. The molecule has 1 fully saturated rings. The quantitative estimate of drug-likeness (QED) is 0.864. The zero-order chi connectivity index (χ0) is 15.5. The molecule has 1 aromatic carbocycles. The summed E-state index contributed by atoms with van der Waals surface area (Å²) in [6.07, 6.45) is 5.74. The lowest BCUT2D eigenvalue weighted by Crippen LogP contribution is -2.17. The first-order valence-electron chi connectivity index (χ1n) is 6.91. The Balaban J connectivity index is 2.16. The molecule has 0 radical (unpaired) electrons. The van der Waals surface area contributed by atoms with Gasteiger partial charge in [-0.3, -0.25) is 0 Å². The molecule has 0 spiro atoms. The van der Waals surface area contributed by atoms with Crippen molar-refractivity contribution in [1.29, 1.82) is 0 Å². The maximum absolute atomic E-state index is 11.3. The number of carboxylic acids is 1. The number of primary sulfonamides is 1. The summed E-state index contributed by atoms with van der Waals surface area (Å²) in [5.41, 5.74) is -0.183. The van der Waals surface area contributed by atoms with Gasteiger partial charge >= 0.3 is 5.97 Å². The molecule has 6 nitrogen and oxygen atoms in total. The predicted octanol–water partition coefficient (Wildman–Crippen LogP) is 1.99. The maximum Gasteiger partial charge on any atom is 0.339 e. The summed E-state index contributed by atoms with van der Waals surface area (Å²) >= 11 is 0. The van der Waals surface area contributed by atoms with E-state index in [1.807, 2.05) is 0 Å². The van der Waals surface area contributed by atoms with Gasteiger partial charge in [-0.2, -0.15) is 0 Å². The molecule has 0 aromatic heterocycles. The number of benzene rings is 1. The highest BCUT2D eigenvalue weighted by Crippen LogP contribution is 2.27. The van der Waals surface area contributed by atoms with E-state index in [4.69, 9.17) is 9.88 Å². The second kappa shape index (κ2) is 6.44. The summed E-state index contributed by atoms with van der Waals surface area (Å²) in [5.74, 6) is -0.627. The number of carbonyl (C=O) groups is 1. The Morgan fingerprint density at radius 2 is 1.95 bits per heavy atom. The zero-order valence-corrected chi connectivity index (χ0v) is 12.4. The Morgan fingerprint density at radius 3 is 2.52 bits per heavy atom. The molecule has 116 valence electrons. The van der Waals surface area contributed by atoms with E-state index in [2.05, 4.69) is 0 Å². The van der Waals surface area contributed by atoms with Crippen LogP contribution in [0.2, 0.25) is 0 Å². The van der Waals surface area contributed by atoms with E-state index in [0.29, 0.717) is 12.5 Å². The largest absolute Gasteiger partial charge is 0.492 e. The minimum atomic E-state index is -3.93. The van der Waals surface area contributed by atoms with Gasteiger partial charge in [0.15, 0.2) is 0 Å². The van der Waals surface area contributed by atoms with E-state index in [0.717, 1.165) is 18.9 Å². The van der Waals surface area contributed by atoms with Crippen molar-refractivity contribution >= 4 is 16.0 Å². The van der Waals surface area contributed by atoms with Gasteiger partial charge in [-0.15, -0.1) is 0 Å². The molecule has 3 N–H and O–H groups in total. The number of rotatable bonds is 5. The molecule has 1 aliphatic carbocycles. The molecular weight excluding hydrogens is 294 g/mol. The van der Waals surface area contributed by atoms with Crippen LogP contribution in [0.1, 0.15) is 42.5 Å². The van der Waals surface area contributed by atoms with E-state index in [9.17, 15) is 18.3 Å². The fourth-order valence-corrected chi connectivity index (χ4v) is 3.08. The number of ether oxygens (including phenoxy) is 1. The molecule has 0 atom stereocenters. The number of sulfonamides is 1. The SMILES string of the molecule is NS(=O)(=O)c1ccc(OCC2CCCCC2)c(C(=O)O)c1. The highest BCUT2D eigenvalue weighted by Gasteiger charge is 2.19. The molecular formula is C14H19NO5S. The first-order chi connectivity index (χ1) is 9.88. The summed E-state index contributed by atoms with van der Waals surface area (Å²) in [5, 5.41) is 14.2. The number of nitrogens with two attached hydrogens (primary N) is 1. The van der Waals surface area contributed by atoms with Crippen LogP contribution in [-0.2, 0) is 10.0 Å². The van der Waals surface area contributed by atoms with Gasteiger partial charge in [0.25, 0.3) is 0 Å².